The summed E-state index contributed by atoms with van der Waals surface area (Å²) in [7, 11) is 0. The van der Waals surface area contributed by atoms with Crippen LogP contribution in [0.3, 0.4) is 0 Å². The van der Waals surface area contributed by atoms with Crippen LogP contribution in [0.4, 0.5) is 5.69 Å². The first-order chi connectivity index (χ1) is 8.99. The number of esters is 1. The fourth-order valence-corrected chi connectivity index (χ4v) is 1.45. The lowest BCUT2D eigenvalue weighted by Crippen LogP contribution is -2.26. The van der Waals surface area contributed by atoms with Crippen LogP contribution in [0.2, 0.25) is 0 Å². The summed E-state index contributed by atoms with van der Waals surface area (Å²) >= 11 is 0. The molecule has 0 heterocycles. The fraction of sp³-hybridized carbons (Fsp3) is 0.417. The van der Waals surface area contributed by atoms with E-state index in [1.165, 1.54) is 18.2 Å². The lowest BCUT2D eigenvalue weighted by molar-refractivity contribution is -0.384. The first kappa shape index (κ1) is 14.9. The van der Waals surface area contributed by atoms with Gasteiger partial charge in [-0.1, -0.05) is 0 Å². The minimum atomic E-state index is -0.799. The summed E-state index contributed by atoms with van der Waals surface area (Å²) in [4.78, 5) is 21.6. The van der Waals surface area contributed by atoms with Crippen LogP contribution >= 0.6 is 0 Å². The lowest BCUT2D eigenvalue weighted by Gasteiger charge is -2.15. The molecule has 0 saturated carbocycles. The lowest BCUT2D eigenvalue weighted by atomic mass is 10.2. The van der Waals surface area contributed by atoms with Crippen LogP contribution in [-0.4, -0.2) is 23.6 Å². The standard InChI is InChI=1S/C12H16N2O5/c1-3-18-12(15)8(2)19-11-5-4-10(14(16)17)6-9(11)7-13/h4-6,8H,3,7,13H2,1-2H3. The Balaban J connectivity index is 2.89. The average molecular weight is 268 g/mol. The maximum absolute atomic E-state index is 11.4. The summed E-state index contributed by atoms with van der Waals surface area (Å²) in [6.45, 7) is 3.57. The second kappa shape index (κ2) is 6.69. The van der Waals surface area contributed by atoms with Gasteiger partial charge in [0.25, 0.3) is 5.69 Å². The molecule has 0 amide bonds. The highest BCUT2D eigenvalue weighted by Crippen LogP contribution is 2.24. The van der Waals surface area contributed by atoms with Gasteiger partial charge in [-0.2, -0.15) is 0 Å². The van der Waals surface area contributed by atoms with E-state index in [1.54, 1.807) is 13.8 Å². The molecule has 1 rings (SSSR count). The van der Waals surface area contributed by atoms with Crippen molar-refractivity contribution in [3.05, 3.63) is 33.9 Å². The quantitative estimate of drug-likeness (QED) is 0.474. The first-order valence-electron chi connectivity index (χ1n) is 5.80. The van der Waals surface area contributed by atoms with Crippen LogP contribution in [-0.2, 0) is 16.1 Å². The van der Waals surface area contributed by atoms with Crippen LogP contribution in [0.25, 0.3) is 0 Å². The molecule has 7 heteroatoms. The number of nitrogens with zero attached hydrogens (tertiary/aromatic N) is 1. The molecule has 7 nitrogen and oxygen atoms in total. The van der Waals surface area contributed by atoms with Crippen molar-refractivity contribution in [2.24, 2.45) is 5.73 Å². The van der Waals surface area contributed by atoms with Gasteiger partial charge in [0.15, 0.2) is 6.10 Å². The number of rotatable bonds is 6. The van der Waals surface area contributed by atoms with Gasteiger partial charge in [0.2, 0.25) is 0 Å². The molecule has 1 atom stereocenters. The van der Waals surface area contributed by atoms with Crippen molar-refractivity contribution in [1.82, 2.24) is 0 Å². The monoisotopic (exact) mass is 268 g/mol. The SMILES string of the molecule is CCOC(=O)C(C)Oc1ccc([N+](=O)[O-])cc1CN. The van der Waals surface area contributed by atoms with E-state index in [9.17, 15) is 14.9 Å². The number of carbonyl (C=O) groups excluding carboxylic acids is 1. The Morgan fingerprint density at radius 1 is 1.53 bits per heavy atom. The van der Waals surface area contributed by atoms with E-state index in [0.717, 1.165) is 0 Å². The predicted molar refractivity (Wildman–Crippen MR) is 67.7 cm³/mol. The van der Waals surface area contributed by atoms with Gasteiger partial charge in [-0.25, -0.2) is 4.79 Å². The smallest absolute Gasteiger partial charge is 0.347 e. The molecule has 0 aliphatic carbocycles. The first-order valence-corrected chi connectivity index (χ1v) is 5.80. The molecular formula is C12H16N2O5. The van der Waals surface area contributed by atoms with Crippen LogP contribution in [0, 0.1) is 10.1 Å². The van der Waals surface area contributed by atoms with Crippen molar-refractivity contribution in [3.63, 3.8) is 0 Å². The molecule has 2 N–H and O–H groups in total. The summed E-state index contributed by atoms with van der Waals surface area (Å²) in [5.74, 6) is -0.155. The Bertz CT molecular complexity index is 475. The number of nitro groups is 1. The Hall–Kier alpha value is -2.15. The van der Waals surface area contributed by atoms with Crippen LogP contribution in [0.15, 0.2) is 18.2 Å². The van der Waals surface area contributed by atoms with Gasteiger partial charge in [0, 0.05) is 24.2 Å². The molecule has 0 aromatic heterocycles. The van der Waals surface area contributed by atoms with E-state index in [0.29, 0.717) is 11.3 Å². The Labute approximate surface area is 110 Å². The highest BCUT2D eigenvalue weighted by atomic mass is 16.6. The third-order valence-corrected chi connectivity index (χ3v) is 2.40. The van der Waals surface area contributed by atoms with E-state index in [1.807, 2.05) is 0 Å². The number of benzene rings is 1. The number of carbonyl (C=O) groups is 1. The van der Waals surface area contributed by atoms with Crippen molar-refractivity contribution < 1.29 is 19.2 Å². The highest BCUT2D eigenvalue weighted by Gasteiger charge is 2.18. The third-order valence-electron chi connectivity index (χ3n) is 2.40. The van der Waals surface area contributed by atoms with Crippen molar-refractivity contribution in [2.45, 2.75) is 26.5 Å². The van der Waals surface area contributed by atoms with Crippen LogP contribution < -0.4 is 10.5 Å². The highest BCUT2D eigenvalue weighted by molar-refractivity contribution is 5.74. The fourth-order valence-electron chi connectivity index (χ4n) is 1.45. The van der Waals surface area contributed by atoms with Gasteiger partial charge in [0.1, 0.15) is 5.75 Å². The zero-order chi connectivity index (χ0) is 14.4. The molecule has 0 aliphatic rings. The van der Waals surface area contributed by atoms with Gasteiger partial charge in [-0.05, 0) is 19.9 Å². The Morgan fingerprint density at radius 2 is 2.21 bits per heavy atom. The van der Waals surface area contributed by atoms with Crippen molar-refractivity contribution in [1.29, 1.82) is 0 Å². The summed E-state index contributed by atoms with van der Waals surface area (Å²) in [5.41, 5.74) is 5.90. The van der Waals surface area contributed by atoms with E-state index >= 15 is 0 Å². The van der Waals surface area contributed by atoms with E-state index in [-0.39, 0.29) is 18.8 Å². The number of nitro benzene ring substituents is 1. The summed E-state index contributed by atoms with van der Waals surface area (Å²) in [6, 6.07) is 4.05. The molecule has 1 aromatic rings. The molecule has 0 saturated heterocycles. The van der Waals surface area contributed by atoms with Crippen molar-refractivity contribution >= 4 is 11.7 Å². The second-order valence-corrected chi connectivity index (χ2v) is 3.77. The number of hydrogen-bond donors (Lipinski definition) is 1. The number of non-ortho nitro benzene ring substituents is 1. The maximum Gasteiger partial charge on any atom is 0.347 e. The minimum absolute atomic E-state index is 0.0726. The van der Waals surface area contributed by atoms with Crippen molar-refractivity contribution in [2.75, 3.05) is 6.61 Å². The maximum atomic E-state index is 11.4. The van der Waals surface area contributed by atoms with Gasteiger partial charge in [0.05, 0.1) is 11.5 Å². The summed E-state index contributed by atoms with van der Waals surface area (Å²) < 4.78 is 10.2. The Kier molecular flexibility index (Phi) is 5.25. The molecule has 0 radical (unpaired) electrons. The van der Waals surface area contributed by atoms with E-state index < -0.39 is 17.0 Å². The summed E-state index contributed by atoms with van der Waals surface area (Å²) in [5, 5.41) is 10.6. The minimum Gasteiger partial charge on any atom is -0.479 e. The number of ether oxygens (including phenoxy) is 2. The molecule has 0 bridgehead atoms. The zero-order valence-electron chi connectivity index (χ0n) is 10.8. The third kappa shape index (κ3) is 3.92. The molecule has 1 aromatic carbocycles. The van der Waals surface area contributed by atoms with Gasteiger partial charge in [-0.3, -0.25) is 10.1 Å². The predicted octanol–water partition coefficient (Wildman–Crippen LogP) is 1.38. The number of nitrogens with two attached hydrogens (primary N) is 1. The number of hydrogen-bond acceptors (Lipinski definition) is 6. The molecule has 1 unspecified atom stereocenters. The molecule has 0 aliphatic heterocycles. The molecule has 19 heavy (non-hydrogen) atoms. The van der Waals surface area contributed by atoms with Gasteiger partial charge in [-0.15, -0.1) is 0 Å². The summed E-state index contributed by atoms with van der Waals surface area (Å²) in [6.07, 6.45) is -0.799. The van der Waals surface area contributed by atoms with Crippen molar-refractivity contribution in [3.8, 4) is 5.75 Å². The average Bonchev–Trinajstić information content (AvgIpc) is 2.39. The molecule has 0 spiro atoms. The molecule has 0 fully saturated rings. The van der Waals surface area contributed by atoms with Gasteiger partial charge >= 0.3 is 5.97 Å². The van der Waals surface area contributed by atoms with E-state index in [4.69, 9.17) is 15.2 Å². The topological polar surface area (TPSA) is 105 Å². The molecule has 104 valence electrons. The van der Waals surface area contributed by atoms with Gasteiger partial charge < -0.3 is 15.2 Å². The zero-order valence-corrected chi connectivity index (χ0v) is 10.8. The normalized spacial score (nSPS) is 11.7. The Morgan fingerprint density at radius 3 is 2.74 bits per heavy atom. The second-order valence-electron chi connectivity index (χ2n) is 3.77. The van der Waals surface area contributed by atoms with E-state index in [2.05, 4.69) is 0 Å². The molecular weight excluding hydrogens is 252 g/mol. The van der Waals surface area contributed by atoms with Crippen LogP contribution in [0.1, 0.15) is 19.4 Å². The largest absolute Gasteiger partial charge is 0.479 e. The van der Waals surface area contributed by atoms with Crippen LogP contribution in [0.5, 0.6) is 5.75 Å².